The first-order valence-corrected chi connectivity index (χ1v) is 8.05. The van der Waals surface area contributed by atoms with E-state index in [1.807, 2.05) is 0 Å². The van der Waals surface area contributed by atoms with E-state index in [2.05, 4.69) is 9.80 Å². The molecular weight excluding hydrogens is 238 g/mol. The summed E-state index contributed by atoms with van der Waals surface area (Å²) in [5.74, 6) is 0.919. The molecule has 1 unspecified atom stereocenters. The molecule has 0 saturated carbocycles. The molecule has 3 aliphatic rings. The topological polar surface area (TPSA) is 41.7 Å². The molecule has 0 amide bonds. The summed E-state index contributed by atoms with van der Waals surface area (Å²) in [7, 11) is 0. The van der Waals surface area contributed by atoms with E-state index >= 15 is 0 Å². The molecule has 4 heteroatoms. The van der Waals surface area contributed by atoms with Gasteiger partial charge in [0, 0.05) is 19.7 Å². The molecule has 1 atom stereocenters. The van der Waals surface area contributed by atoms with Gasteiger partial charge in [-0.2, -0.15) is 0 Å². The summed E-state index contributed by atoms with van der Waals surface area (Å²) < 4.78 is 5.45. The Morgan fingerprint density at radius 1 is 1.05 bits per heavy atom. The Morgan fingerprint density at radius 2 is 1.79 bits per heavy atom. The van der Waals surface area contributed by atoms with Crippen LogP contribution in [0.25, 0.3) is 0 Å². The molecule has 110 valence electrons. The maximum atomic E-state index is 6.38. The normalized spacial score (nSPS) is 35.2. The van der Waals surface area contributed by atoms with Gasteiger partial charge in [0.15, 0.2) is 0 Å². The Labute approximate surface area is 117 Å². The fourth-order valence-corrected chi connectivity index (χ4v) is 3.85. The van der Waals surface area contributed by atoms with E-state index in [1.165, 1.54) is 58.4 Å². The first kappa shape index (κ1) is 13.8. The summed E-state index contributed by atoms with van der Waals surface area (Å²) in [4.78, 5) is 5.23. The van der Waals surface area contributed by atoms with E-state index < -0.39 is 0 Å². The zero-order valence-electron chi connectivity index (χ0n) is 12.1. The third-order valence-corrected chi connectivity index (χ3v) is 5.09. The van der Waals surface area contributed by atoms with Crippen LogP contribution >= 0.6 is 0 Å². The molecule has 3 heterocycles. The van der Waals surface area contributed by atoms with Gasteiger partial charge in [0.25, 0.3) is 0 Å². The minimum atomic E-state index is -0.0677. The van der Waals surface area contributed by atoms with Crippen LogP contribution in [0.2, 0.25) is 0 Å². The van der Waals surface area contributed by atoms with Crippen LogP contribution in [0.5, 0.6) is 0 Å². The fourth-order valence-electron chi connectivity index (χ4n) is 3.85. The maximum absolute atomic E-state index is 6.38. The van der Waals surface area contributed by atoms with Gasteiger partial charge in [0.05, 0.1) is 12.1 Å². The van der Waals surface area contributed by atoms with Gasteiger partial charge in [0.2, 0.25) is 0 Å². The van der Waals surface area contributed by atoms with Crippen molar-refractivity contribution in [3.05, 3.63) is 0 Å². The van der Waals surface area contributed by atoms with Crippen molar-refractivity contribution in [2.24, 2.45) is 11.7 Å². The lowest BCUT2D eigenvalue weighted by Crippen LogP contribution is -2.52. The van der Waals surface area contributed by atoms with Crippen LogP contribution in [0.15, 0.2) is 0 Å². The third-order valence-electron chi connectivity index (χ3n) is 5.09. The first-order valence-electron chi connectivity index (χ1n) is 8.05. The van der Waals surface area contributed by atoms with Gasteiger partial charge in [-0.05, 0) is 64.2 Å². The molecular formula is C15H29N3O. The summed E-state index contributed by atoms with van der Waals surface area (Å²) in [6.07, 6.45) is 6.56. The van der Waals surface area contributed by atoms with Crippen molar-refractivity contribution in [2.75, 3.05) is 52.5 Å². The average Bonchev–Trinajstić information content (AvgIpc) is 3.04. The van der Waals surface area contributed by atoms with Gasteiger partial charge >= 0.3 is 0 Å². The van der Waals surface area contributed by atoms with Crippen LogP contribution in [0.1, 0.15) is 32.1 Å². The van der Waals surface area contributed by atoms with Crippen LogP contribution in [-0.4, -0.2) is 67.8 Å². The smallest absolute Gasteiger partial charge is 0.0659 e. The molecule has 3 fully saturated rings. The van der Waals surface area contributed by atoms with Crippen LogP contribution in [0.3, 0.4) is 0 Å². The van der Waals surface area contributed by atoms with E-state index in [9.17, 15) is 0 Å². The van der Waals surface area contributed by atoms with Gasteiger partial charge in [-0.1, -0.05) is 0 Å². The summed E-state index contributed by atoms with van der Waals surface area (Å²) >= 11 is 0. The lowest BCUT2D eigenvalue weighted by Gasteiger charge is -2.37. The first-order chi connectivity index (χ1) is 9.23. The Bertz CT molecular complexity index is 277. The minimum Gasteiger partial charge on any atom is -0.379 e. The number of hydrogen-bond donors (Lipinski definition) is 1. The van der Waals surface area contributed by atoms with E-state index in [0.717, 1.165) is 32.1 Å². The molecule has 3 aliphatic heterocycles. The number of piperidine rings is 1. The number of hydrogen-bond acceptors (Lipinski definition) is 4. The quantitative estimate of drug-likeness (QED) is 0.822. The van der Waals surface area contributed by atoms with Crippen molar-refractivity contribution >= 4 is 0 Å². The van der Waals surface area contributed by atoms with Crippen molar-refractivity contribution in [1.29, 1.82) is 0 Å². The molecule has 3 rings (SSSR count). The molecule has 0 aromatic carbocycles. The monoisotopic (exact) mass is 267 g/mol. The SMILES string of the molecule is NC1(CN2CCC(CN3CCCC3)CC2)CCOC1. The molecule has 0 spiro atoms. The second kappa shape index (κ2) is 6.08. The van der Waals surface area contributed by atoms with Crippen molar-refractivity contribution in [2.45, 2.75) is 37.6 Å². The van der Waals surface area contributed by atoms with Crippen LogP contribution < -0.4 is 5.73 Å². The Hall–Kier alpha value is -0.160. The zero-order chi connectivity index (χ0) is 13.1. The molecule has 3 saturated heterocycles. The fraction of sp³-hybridized carbons (Fsp3) is 1.00. The lowest BCUT2D eigenvalue weighted by molar-refractivity contribution is 0.116. The predicted molar refractivity (Wildman–Crippen MR) is 77.2 cm³/mol. The average molecular weight is 267 g/mol. The van der Waals surface area contributed by atoms with Gasteiger partial charge in [-0.15, -0.1) is 0 Å². The van der Waals surface area contributed by atoms with Gasteiger partial charge in [-0.3, -0.25) is 0 Å². The highest BCUT2D eigenvalue weighted by Crippen LogP contribution is 2.23. The van der Waals surface area contributed by atoms with Crippen LogP contribution in [0, 0.1) is 5.92 Å². The highest BCUT2D eigenvalue weighted by Gasteiger charge is 2.33. The Kier molecular flexibility index (Phi) is 4.42. The minimum absolute atomic E-state index is 0.0677. The summed E-state index contributed by atoms with van der Waals surface area (Å²) in [5, 5.41) is 0. The maximum Gasteiger partial charge on any atom is 0.0659 e. The number of nitrogens with zero attached hydrogens (tertiary/aromatic N) is 2. The highest BCUT2D eigenvalue weighted by atomic mass is 16.5. The summed E-state index contributed by atoms with van der Waals surface area (Å²) in [5.41, 5.74) is 6.31. The van der Waals surface area contributed by atoms with Crippen LogP contribution in [0.4, 0.5) is 0 Å². The second-order valence-corrected chi connectivity index (χ2v) is 6.89. The zero-order valence-corrected chi connectivity index (χ0v) is 12.1. The van der Waals surface area contributed by atoms with E-state index in [1.54, 1.807) is 0 Å². The van der Waals surface area contributed by atoms with Crippen LogP contribution in [-0.2, 0) is 4.74 Å². The molecule has 0 aromatic rings. The van der Waals surface area contributed by atoms with Crippen molar-refractivity contribution in [1.82, 2.24) is 9.80 Å². The number of likely N-dealkylation sites (tertiary alicyclic amines) is 2. The molecule has 0 bridgehead atoms. The standard InChI is InChI=1S/C15H29N3O/c16-15(5-10-19-13-15)12-18-8-3-14(4-9-18)11-17-6-1-2-7-17/h14H,1-13,16H2. The Morgan fingerprint density at radius 3 is 2.42 bits per heavy atom. The summed E-state index contributed by atoms with van der Waals surface area (Å²) in [6, 6.07) is 0. The lowest BCUT2D eigenvalue weighted by atomic mass is 9.93. The van der Waals surface area contributed by atoms with Gasteiger partial charge in [0.1, 0.15) is 0 Å². The third kappa shape index (κ3) is 3.69. The van der Waals surface area contributed by atoms with Gasteiger partial charge < -0.3 is 20.3 Å². The summed E-state index contributed by atoms with van der Waals surface area (Å²) in [6.45, 7) is 9.11. The number of ether oxygens (including phenoxy) is 1. The highest BCUT2D eigenvalue weighted by molar-refractivity contribution is 4.92. The van der Waals surface area contributed by atoms with E-state index in [0.29, 0.717) is 0 Å². The molecule has 0 aromatic heterocycles. The second-order valence-electron chi connectivity index (χ2n) is 6.89. The largest absolute Gasteiger partial charge is 0.379 e. The Balaban J connectivity index is 1.39. The molecule has 0 aliphatic carbocycles. The van der Waals surface area contributed by atoms with Crippen molar-refractivity contribution < 1.29 is 4.74 Å². The number of nitrogens with two attached hydrogens (primary N) is 1. The molecule has 19 heavy (non-hydrogen) atoms. The molecule has 0 radical (unpaired) electrons. The number of rotatable bonds is 4. The van der Waals surface area contributed by atoms with E-state index in [4.69, 9.17) is 10.5 Å². The molecule has 2 N–H and O–H groups in total. The van der Waals surface area contributed by atoms with Crippen molar-refractivity contribution in [3.8, 4) is 0 Å². The predicted octanol–water partition coefficient (Wildman–Crippen LogP) is 0.912. The van der Waals surface area contributed by atoms with Gasteiger partial charge in [-0.25, -0.2) is 0 Å². The molecule has 4 nitrogen and oxygen atoms in total. The van der Waals surface area contributed by atoms with E-state index in [-0.39, 0.29) is 5.54 Å². The van der Waals surface area contributed by atoms with Crippen molar-refractivity contribution in [3.63, 3.8) is 0 Å².